The fraction of sp³-hybridized carbons (Fsp3) is 0.389. The van der Waals surface area contributed by atoms with E-state index in [4.69, 9.17) is 9.90 Å². The van der Waals surface area contributed by atoms with Gasteiger partial charge in [-0.1, -0.05) is 13.0 Å². The van der Waals surface area contributed by atoms with Crippen LogP contribution in [-0.2, 0) is 24.1 Å². The van der Waals surface area contributed by atoms with Crippen LogP contribution in [0.4, 0.5) is 13.2 Å². The van der Waals surface area contributed by atoms with Gasteiger partial charge >= 0.3 is 12.1 Å². The SMILES string of the molecule is CCc1ncnc2c1CCN(C(=O)c1ccccn1)CC2.O=C(O)C(F)(F)F. The molecule has 0 aliphatic carbocycles. The van der Waals surface area contributed by atoms with Crippen molar-refractivity contribution in [1.82, 2.24) is 19.9 Å². The number of amides is 1. The minimum Gasteiger partial charge on any atom is -0.475 e. The van der Waals surface area contributed by atoms with E-state index in [1.807, 2.05) is 17.0 Å². The number of hydrogen-bond donors (Lipinski definition) is 1. The van der Waals surface area contributed by atoms with Crippen molar-refractivity contribution in [1.29, 1.82) is 0 Å². The molecular formula is C18H19F3N4O3. The molecule has 1 aliphatic heterocycles. The number of carboxylic acid groups (broad SMARTS) is 1. The summed E-state index contributed by atoms with van der Waals surface area (Å²) < 4.78 is 31.7. The summed E-state index contributed by atoms with van der Waals surface area (Å²) in [5.74, 6) is -2.76. The number of halogens is 3. The third kappa shape index (κ3) is 5.48. The maximum atomic E-state index is 12.5. The van der Waals surface area contributed by atoms with Crippen molar-refractivity contribution < 1.29 is 27.9 Å². The quantitative estimate of drug-likeness (QED) is 0.837. The number of rotatable bonds is 2. The highest BCUT2D eigenvalue weighted by atomic mass is 19.4. The van der Waals surface area contributed by atoms with Crippen LogP contribution >= 0.6 is 0 Å². The molecule has 150 valence electrons. The van der Waals surface area contributed by atoms with Crippen molar-refractivity contribution in [2.75, 3.05) is 13.1 Å². The molecule has 0 unspecified atom stereocenters. The van der Waals surface area contributed by atoms with Crippen LogP contribution in [0.3, 0.4) is 0 Å². The van der Waals surface area contributed by atoms with Gasteiger partial charge in [-0.2, -0.15) is 13.2 Å². The molecule has 0 saturated heterocycles. The average molecular weight is 396 g/mol. The number of carbonyl (C=O) groups excluding carboxylic acids is 1. The summed E-state index contributed by atoms with van der Waals surface area (Å²) in [6.45, 7) is 3.48. The van der Waals surface area contributed by atoms with Crippen molar-refractivity contribution in [2.45, 2.75) is 32.4 Å². The highest BCUT2D eigenvalue weighted by molar-refractivity contribution is 5.92. The predicted molar refractivity (Wildman–Crippen MR) is 92.6 cm³/mol. The average Bonchev–Trinajstić information content (AvgIpc) is 2.90. The van der Waals surface area contributed by atoms with Crippen molar-refractivity contribution >= 4 is 11.9 Å². The lowest BCUT2D eigenvalue weighted by molar-refractivity contribution is -0.192. The molecular weight excluding hydrogens is 377 g/mol. The molecule has 0 aromatic carbocycles. The van der Waals surface area contributed by atoms with E-state index in [2.05, 4.69) is 21.9 Å². The number of aromatic nitrogens is 3. The number of aliphatic carboxylic acids is 1. The Morgan fingerprint density at radius 1 is 1.14 bits per heavy atom. The second-order valence-corrected chi connectivity index (χ2v) is 5.91. The normalized spacial score (nSPS) is 13.6. The molecule has 1 aliphatic rings. The zero-order valence-electron chi connectivity index (χ0n) is 15.1. The Labute approximate surface area is 159 Å². The van der Waals surface area contributed by atoms with Crippen LogP contribution in [0.2, 0.25) is 0 Å². The fourth-order valence-electron chi connectivity index (χ4n) is 2.75. The summed E-state index contributed by atoms with van der Waals surface area (Å²) in [6.07, 6.45) is 0.703. The van der Waals surface area contributed by atoms with E-state index in [-0.39, 0.29) is 5.91 Å². The number of alkyl halides is 3. The molecule has 3 rings (SSSR count). The Kier molecular flexibility index (Phi) is 7.02. The van der Waals surface area contributed by atoms with Gasteiger partial charge in [-0.15, -0.1) is 0 Å². The van der Waals surface area contributed by atoms with E-state index >= 15 is 0 Å². The summed E-state index contributed by atoms with van der Waals surface area (Å²) in [6, 6.07) is 5.42. The molecule has 0 bridgehead atoms. The Morgan fingerprint density at radius 3 is 2.39 bits per heavy atom. The molecule has 10 heteroatoms. The molecule has 0 atom stereocenters. The van der Waals surface area contributed by atoms with E-state index in [9.17, 15) is 18.0 Å². The number of aryl methyl sites for hydroxylation is 1. The number of carbonyl (C=O) groups is 2. The number of fused-ring (bicyclic) bond motifs is 1. The van der Waals surface area contributed by atoms with Gasteiger partial charge < -0.3 is 10.0 Å². The molecule has 2 aromatic heterocycles. The fourth-order valence-corrected chi connectivity index (χ4v) is 2.75. The van der Waals surface area contributed by atoms with E-state index in [1.54, 1.807) is 18.6 Å². The van der Waals surface area contributed by atoms with E-state index in [1.165, 1.54) is 5.56 Å². The summed E-state index contributed by atoms with van der Waals surface area (Å²) >= 11 is 0. The molecule has 0 radical (unpaired) electrons. The maximum absolute atomic E-state index is 12.5. The molecule has 0 spiro atoms. The van der Waals surface area contributed by atoms with Gasteiger partial charge in [0, 0.05) is 37.1 Å². The van der Waals surface area contributed by atoms with Crippen molar-refractivity contribution in [3.8, 4) is 0 Å². The topological polar surface area (TPSA) is 96.3 Å². The minimum atomic E-state index is -5.08. The number of pyridine rings is 1. The van der Waals surface area contributed by atoms with Gasteiger partial charge in [0.25, 0.3) is 5.91 Å². The molecule has 1 amide bonds. The summed E-state index contributed by atoms with van der Waals surface area (Å²) in [4.78, 5) is 36.1. The maximum Gasteiger partial charge on any atom is 0.490 e. The summed E-state index contributed by atoms with van der Waals surface area (Å²) in [5, 5.41) is 7.12. The molecule has 3 heterocycles. The van der Waals surface area contributed by atoms with Crippen LogP contribution in [0.25, 0.3) is 0 Å². The number of carboxylic acids is 1. The standard InChI is InChI=1S/C16H18N4O.C2HF3O2/c1-2-13-12-6-9-20(10-7-14(12)19-11-18-13)16(21)15-5-3-4-8-17-15;3-2(4,5)1(6)7/h3-5,8,11H,2,6-7,9-10H2,1H3;(H,6,7). The molecule has 7 nitrogen and oxygen atoms in total. The zero-order chi connectivity index (χ0) is 20.7. The Bertz CT molecular complexity index is 829. The lowest BCUT2D eigenvalue weighted by Gasteiger charge is -2.19. The monoisotopic (exact) mass is 396 g/mol. The van der Waals surface area contributed by atoms with Gasteiger partial charge in [-0.05, 0) is 30.5 Å². The predicted octanol–water partition coefficient (Wildman–Crippen LogP) is 2.31. The lowest BCUT2D eigenvalue weighted by Crippen LogP contribution is -2.33. The van der Waals surface area contributed by atoms with Crippen LogP contribution in [0, 0.1) is 0 Å². The highest BCUT2D eigenvalue weighted by Crippen LogP contribution is 2.18. The van der Waals surface area contributed by atoms with Gasteiger partial charge in [0.2, 0.25) is 0 Å². The third-order valence-corrected chi connectivity index (χ3v) is 4.12. The Morgan fingerprint density at radius 2 is 1.82 bits per heavy atom. The largest absolute Gasteiger partial charge is 0.490 e. The van der Waals surface area contributed by atoms with Gasteiger partial charge in [0.15, 0.2) is 0 Å². The zero-order valence-corrected chi connectivity index (χ0v) is 15.1. The van der Waals surface area contributed by atoms with Crippen LogP contribution in [0.5, 0.6) is 0 Å². The Hall–Kier alpha value is -3.04. The first-order valence-corrected chi connectivity index (χ1v) is 8.56. The molecule has 28 heavy (non-hydrogen) atoms. The van der Waals surface area contributed by atoms with Gasteiger partial charge in [0.1, 0.15) is 12.0 Å². The smallest absolute Gasteiger partial charge is 0.475 e. The van der Waals surface area contributed by atoms with E-state index in [0.717, 1.165) is 30.7 Å². The summed E-state index contributed by atoms with van der Waals surface area (Å²) in [5.41, 5.74) is 3.91. The van der Waals surface area contributed by atoms with Crippen molar-refractivity contribution in [3.63, 3.8) is 0 Å². The van der Waals surface area contributed by atoms with Crippen LogP contribution < -0.4 is 0 Å². The second kappa shape index (κ2) is 9.25. The van der Waals surface area contributed by atoms with Crippen molar-refractivity contribution in [2.24, 2.45) is 0 Å². The van der Waals surface area contributed by atoms with Gasteiger partial charge in [-0.25, -0.2) is 14.8 Å². The van der Waals surface area contributed by atoms with Crippen LogP contribution in [0.1, 0.15) is 34.4 Å². The minimum absolute atomic E-state index is 0.00517. The molecule has 0 saturated carbocycles. The first kappa shape index (κ1) is 21.3. The Balaban J connectivity index is 0.000000345. The molecule has 0 fully saturated rings. The number of nitrogens with zero attached hydrogens (tertiary/aromatic N) is 4. The highest BCUT2D eigenvalue weighted by Gasteiger charge is 2.38. The second-order valence-electron chi connectivity index (χ2n) is 5.91. The molecule has 2 aromatic rings. The summed E-state index contributed by atoms with van der Waals surface area (Å²) in [7, 11) is 0. The van der Waals surface area contributed by atoms with E-state index in [0.29, 0.717) is 18.8 Å². The molecule has 1 N–H and O–H groups in total. The first-order chi connectivity index (χ1) is 13.2. The number of hydrogen-bond acceptors (Lipinski definition) is 5. The lowest BCUT2D eigenvalue weighted by atomic mass is 10.1. The third-order valence-electron chi connectivity index (χ3n) is 4.12. The van der Waals surface area contributed by atoms with Crippen molar-refractivity contribution in [3.05, 3.63) is 53.4 Å². The van der Waals surface area contributed by atoms with Crippen LogP contribution in [0.15, 0.2) is 30.7 Å². The van der Waals surface area contributed by atoms with E-state index < -0.39 is 12.1 Å². The van der Waals surface area contributed by atoms with Gasteiger partial charge in [0.05, 0.1) is 0 Å². The van der Waals surface area contributed by atoms with Crippen LogP contribution in [-0.4, -0.2) is 56.1 Å². The van der Waals surface area contributed by atoms with Gasteiger partial charge in [-0.3, -0.25) is 9.78 Å². The first-order valence-electron chi connectivity index (χ1n) is 8.56.